The Hall–Kier alpha value is -1.22. The second-order valence-corrected chi connectivity index (χ2v) is 5.41. The zero-order valence-corrected chi connectivity index (χ0v) is 10.8. The molecule has 1 aliphatic rings. The van der Waals surface area contributed by atoms with Crippen molar-refractivity contribution in [3.8, 4) is 0 Å². The zero-order valence-electron chi connectivity index (χ0n) is 10.0. The van der Waals surface area contributed by atoms with Crippen LogP contribution in [0.1, 0.15) is 37.0 Å². The third kappa shape index (κ3) is 2.12. The standard InChI is InChI=1S/C13H16ClNO2/c1-13(2)7-4-8-15(13)10-6-3-5-9(14)11(10)12(16)17/h3,5-6H,4,7-8H2,1-2H3,(H,16,17). The molecule has 0 aliphatic carbocycles. The molecule has 0 aromatic heterocycles. The summed E-state index contributed by atoms with van der Waals surface area (Å²) in [6.07, 6.45) is 2.15. The molecule has 0 radical (unpaired) electrons. The summed E-state index contributed by atoms with van der Waals surface area (Å²) in [5, 5.41) is 9.57. The highest BCUT2D eigenvalue weighted by molar-refractivity contribution is 6.34. The summed E-state index contributed by atoms with van der Waals surface area (Å²) in [4.78, 5) is 13.4. The van der Waals surface area contributed by atoms with Gasteiger partial charge in [0.05, 0.1) is 10.7 Å². The molecule has 1 N–H and O–H groups in total. The van der Waals surface area contributed by atoms with Crippen LogP contribution in [0.3, 0.4) is 0 Å². The number of rotatable bonds is 2. The van der Waals surface area contributed by atoms with Crippen LogP contribution in [-0.2, 0) is 0 Å². The Bertz CT molecular complexity index is 457. The van der Waals surface area contributed by atoms with Crippen molar-refractivity contribution >= 4 is 23.3 Å². The van der Waals surface area contributed by atoms with Gasteiger partial charge in [-0.15, -0.1) is 0 Å². The van der Waals surface area contributed by atoms with Crippen molar-refractivity contribution in [1.29, 1.82) is 0 Å². The van der Waals surface area contributed by atoms with Crippen molar-refractivity contribution in [3.05, 3.63) is 28.8 Å². The van der Waals surface area contributed by atoms with Crippen molar-refractivity contribution in [2.24, 2.45) is 0 Å². The van der Waals surface area contributed by atoms with Crippen LogP contribution in [0.25, 0.3) is 0 Å². The summed E-state index contributed by atoms with van der Waals surface area (Å²) in [6.45, 7) is 5.15. The molecular weight excluding hydrogens is 238 g/mol. The molecule has 2 rings (SSSR count). The van der Waals surface area contributed by atoms with E-state index >= 15 is 0 Å². The molecule has 1 aromatic rings. The van der Waals surface area contributed by atoms with Gasteiger partial charge in [0.2, 0.25) is 0 Å². The van der Waals surface area contributed by atoms with E-state index in [0.717, 1.165) is 25.1 Å². The van der Waals surface area contributed by atoms with Gasteiger partial charge < -0.3 is 10.0 Å². The molecule has 4 heteroatoms. The van der Waals surface area contributed by atoms with Crippen LogP contribution >= 0.6 is 11.6 Å². The van der Waals surface area contributed by atoms with E-state index in [0.29, 0.717) is 5.02 Å². The highest BCUT2D eigenvalue weighted by Gasteiger charge is 2.34. The quantitative estimate of drug-likeness (QED) is 0.878. The van der Waals surface area contributed by atoms with E-state index in [1.54, 1.807) is 12.1 Å². The molecule has 1 fully saturated rings. The lowest BCUT2D eigenvalue weighted by Gasteiger charge is -2.34. The second-order valence-electron chi connectivity index (χ2n) is 5.01. The maximum atomic E-state index is 11.3. The maximum Gasteiger partial charge on any atom is 0.339 e. The van der Waals surface area contributed by atoms with Crippen molar-refractivity contribution in [1.82, 2.24) is 0 Å². The molecule has 0 amide bonds. The van der Waals surface area contributed by atoms with E-state index in [9.17, 15) is 9.90 Å². The van der Waals surface area contributed by atoms with Gasteiger partial charge in [0.1, 0.15) is 5.56 Å². The Kier molecular flexibility index (Phi) is 3.04. The van der Waals surface area contributed by atoms with Gasteiger partial charge in [-0.1, -0.05) is 17.7 Å². The minimum absolute atomic E-state index is 0.00508. The predicted molar refractivity (Wildman–Crippen MR) is 69.1 cm³/mol. The Morgan fingerprint density at radius 2 is 2.18 bits per heavy atom. The first kappa shape index (κ1) is 12.2. The maximum absolute atomic E-state index is 11.3. The van der Waals surface area contributed by atoms with Crippen LogP contribution in [0.4, 0.5) is 5.69 Å². The molecule has 1 heterocycles. The average Bonchev–Trinajstić information content (AvgIpc) is 2.57. The molecule has 0 bridgehead atoms. The van der Waals surface area contributed by atoms with Gasteiger partial charge in [-0.2, -0.15) is 0 Å². The largest absolute Gasteiger partial charge is 0.478 e. The number of halogens is 1. The van der Waals surface area contributed by atoms with Crippen molar-refractivity contribution in [3.63, 3.8) is 0 Å². The van der Waals surface area contributed by atoms with E-state index < -0.39 is 5.97 Å². The van der Waals surface area contributed by atoms with Crippen molar-refractivity contribution in [2.75, 3.05) is 11.4 Å². The highest BCUT2D eigenvalue weighted by atomic mass is 35.5. The molecule has 0 unspecified atom stereocenters. The fourth-order valence-electron chi connectivity index (χ4n) is 2.50. The van der Waals surface area contributed by atoms with Crippen LogP contribution in [-0.4, -0.2) is 23.2 Å². The molecule has 1 aromatic carbocycles. The Balaban J connectivity index is 2.52. The lowest BCUT2D eigenvalue weighted by molar-refractivity contribution is 0.0697. The van der Waals surface area contributed by atoms with Gasteiger partial charge in [0, 0.05) is 12.1 Å². The van der Waals surface area contributed by atoms with E-state index in [1.807, 2.05) is 6.07 Å². The fourth-order valence-corrected chi connectivity index (χ4v) is 2.75. The number of hydrogen-bond acceptors (Lipinski definition) is 2. The summed E-state index contributed by atoms with van der Waals surface area (Å²) in [5.74, 6) is -0.965. The first-order valence-corrected chi connectivity index (χ1v) is 6.11. The Morgan fingerprint density at radius 3 is 2.71 bits per heavy atom. The van der Waals surface area contributed by atoms with Crippen LogP contribution in [0.15, 0.2) is 18.2 Å². The van der Waals surface area contributed by atoms with Crippen molar-refractivity contribution < 1.29 is 9.90 Å². The summed E-state index contributed by atoms with van der Waals surface area (Å²) in [5.41, 5.74) is 0.936. The third-order valence-electron chi connectivity index (χ3n) is 3.40. The molecule has 3 nitrogen and oxygen atoms in total. The Morgan fingerprint density at radius 1 is 1.47 bits per heavy atom. The highest BCUT2D eigenvalue weighted by Crippen LogP contribution is 2.37. The minimum Gasteiger partial charge on any atom is -0.478 e. The summed E-state index contributed by atoms with van der Waals surface area (Å²) in [6, 6.07) is 5.26. The summed E-state index contributed by atoms with van der Waals surface area (Å²) in [7, 11) is 0. The summed E-state index contributed by atoms with van der Waals surface area (Å²) < 4.78 is 0. The van der Waals surface area contributed by atoms with Crippen LogP contribution < -0.4 is 4.90 Å². The first-order chi connectivity index (χ1) is 7.93. The van der Waals surface area contributed by atoms with E-state index in [2.05, 4.69) is 18.7 Å². The van der Waals surface area contributed by atoms with Gasteiger partial charge in [0.15, 0.2) is 0 Å². The number of carboxylic acid groups (broad SMARTS) is 1. The summed E-state index contributed by atoms with van der Waals surface area (Å²) >= 11 is 5.99. The number of carbonyl (C=O) groups is 1. The lowest BCUT2D eigenvalue weighted by atomic mass is 10.0. The lowest BCUT2D eigenvalue weighted by Crippen LogP contribution is -2.39. The van der Waals surface area contributed by atoms with E-state index in [-0.39, 0.29) is 11.1 Å². The molecule has 1 aliphatic heterocycles. The van der Waals surface area contributed by atoms with Crippen LogP contribution in [0.2, 0.25) is 5.02 Å². The molecule has 1 saturated heterocycles. The topological polar surface area (TPSA) is 40.5 Å². The number of nitrogens with zero attached hydrogens (tertiary/aromatic N) is 1. The fraction of sp³-hybridized carbons (Fsp3) is 0.462. The normalized spacial score (nSPS) is 18.4. The number of carboxylic acids is 1. The molecular formula is C13H16ClNO2. The van der Waals surface area contributed by atoms with Crippen LogP contribution in [0.5, 0.6) is 0 Å². The molecule has 92 valence electrons. The third-order valence-corrected chi connectivity index (χ3v) is 3.71. The second kappa shape index (κ2) is 4.22. The van der Waals surface area contributed by atoms with Gasteiger partial charge in [-0.05, 0) is 38.8 Å². The molecule has 0 spiro atoms. The van der Waals surface area contributed by atoms with Crippen molar-refractivity contribution in [2.45, 2.75) is 32.2 Å². The number of aromatic carboxylic acids is 1. The molecule has 17 heavy (non-hydrogen) atoms. The van der Waals surface area contributed by atoms with Gasteiger partial charge >= 0.3 is 5.97 Å². The monoisotopic (exact) mass is 253 g/mol. The number of benzene rings is 1. The van der Waals surface area contributed by atoms with Gasteiger partial charge in [-0.25, -0.2) is 4.79 Å². The number of hydrogen-bond donors (Lipinski definition) is 1. The van der Waals surface area contributed by atoms with Gasteiger partial charge in [0.25, 0.3) is 0 Å². The van der Waals surface area contributed by atoms with E-state index in [1.165, 1.54) is 0 Å². The van der Waals surface area contributed by atoms with E-state index in [4.69, 9.17) is 11.6 Å². The van der Waals surface area contributed by atoms with Gasteiger partial charge in [-0.3, -0.25) is 0 Å². The molecule has 0 saturated carbocycles. The predicted octanol–water partition coefficient (Wildman–Crippen LogP) is 3.42. The SMILES string of the molecule is CC1(C)CCCN1c1cccc(Cl)c1C(=O)O. The molecule has 0 atom stereocenters. The first-order valence-electron chi connectivity index (χ1n) is 5.73. The minimum atomic E-state index is -0.965. The number of anilines is 1. The smallest absolute Gasteiger partial charge is 0.339 e. The zero-order chi connectivity index (χ0) is 12.6. The Labute approximate surface area is 106 Å². The average molecular weight is 254 g/mol. The van der Waals surface area contributed by atoms with Crippen LogP contribution in [0, 0.1) is 0 Å².